The number of aromatic nitrogens is 2. The highest BCUT2D eigenvalue weighted by molar-refractivity contribution is 6.42. The summed E-state index contributed by atoms with van der Waals surface area (Å²) in [7, 11) is 0. The fourth-order valence-electron chi connectivity index (χ4n) is 5.39. The van der Waals surface area contributed by atoms with Gasteiger partial charge in [0.1, 0.15) is 0 Å². The van der Waals surface area contributed by atoms with E-state index in [9.17, 15) is 4.79 Å². The first-order valence-electron chi connectivity index (χ1n) is 9.85. The van der Waals surface area contributed by atoms with Crippen LogP contribution < -0.4 is 5.32 Å². The monoisotopic (exact) mass is 459 g/mol. The molecule has 1 heterocycles. The molecule has 4 nitrogen and oxygen atoms in total. The van der Waals surface area contributed by atoms with Crippen molar-refractivity contribution in [3.63, 3.8) is 0 Å². The average Bonchev–Trinajstić information content (AvgIpc) is 2.99. The molecule has 2 unspecified atom stereocenters. The Balaban J connectivity index is 1.73. The van der Waals surface area contributed by atoms with Gasteiger partial charge in [-0.05, 0) is 42.5 Å². The summed E-state index contributed by atoms with van der Waals surface area (Å²) < 4.78 is 0. The lowest BCUT2D eigenvalue weighted by molar-refractivity contribution is -0.125. The quantitative estimate of drug-likeness (QED) is 0.471. The van der Waals surface area contributed by atoms with E-state index in [0.717, 1.165) is 17.8 Å². The highest BCUT2D eigenvalue weighted by Crippen LogP contribution is 2.70. The highest BCUT2D eigenvalue weighted by atomic mass is 35.5. The molecular formula is C23H20Cl3N3O. The van der Waals surface area contributed by atoms with Crippen LogP contribution in [0.2, 0.25) is 15.1 Å². The van der Waals surface area contributed by atoms with Crippen molar-refractivity contribution < 1.29 is 4.79 Å². The van der Waals surface area contributed by atoms with E-state index in [1.165, 1.54) is 0 Å². The Hall–Kier alpha value is -1.88. The average molecular weight is 461 g/mol. The van der Waals surface area contributed by atoms with E-state index in [0.29, 0.717) is 38.2 Å². The number of fused-ring (bicyclic) bond motifs is 6. The minimum Gasteiger partial charge on any atom is -0.324 e. The maximum atomic E-state index is 13.8. The van der Waals surface area contributed by atoms with Crippen molar-refractivity contribution in [1.29, 1.82) is 0 Å². The van der Waals surface area contributed by atoms with Crippen LogP contribution in [0.5, 0.6) is 0 Å². The fourth-order valence-corrected chi connectivity index (χ4v) is 5.89. The van der Waals surface area contributed by atoms with Crippen molar-refractivity contribution in [2.24, 2.45) is 5.41 Å². The van der Waals surface area contributed by atoms with Crippen molar-refractivity contribution in [3.8, 4) is 0 Å². The zero-order chi connectivity index (χ0) is 21.5. The van der Waals surface area contributed by atoms with Crippen molar-refractivity contribution in [2.45, 2.75) is 44.4 Å². The number of carbonyl (C=O) groups is 1. The Morgan fingerprint density at radius 2 is 1.50 bits per heavy atom. The van der Waals surface area contributed by atoms with Gasteiger partial charge in [0.05, 0.1) is 48.6 Å². The van der Waals surface area contributed by atoms with Crippen molar-refractivity contribution in [3.05, 3.63) is 62.9 Å². The van der Waals surface area contributed by atoms with Crippen LogP contribution in [-0.2, 0) is 15.6 Å². The number of para-hydroxylation sites is 1. The molecular weight excluding hydrogens is 441 g/mol. The van der Waals surface area contributed by atoms with Gasteiger partial charge in [-0.2, -0.15) is 0 Å². The summed E-state index contributed by atoms with van der Waals surface area (Å²) in [6, 6.07) is 10.7. The lowest BCUT2D eigenvalue weighted by atomic mass is 9.63. The number of anilines is 1. The second-order valence-corrected chi connectivity index (χ2v) is 10.2. The Bertz CT molecular complexity index is 1240. The molecule has 0 radical (unpaired) electrons. The molecule has 30 heavy (non-hydrogen) atoms. The Labute approximate surface area is 190 Å². The molecule has 0 saturated heterocycles. The molecule has 2 bridgehead atoms. The SMILES string of the molecule is CC12CCC(C(=O)Nc3ccccc3Cl)(c3nc4cc(Cl)c(Cl)cc4nc31)C2(C)C. The largest absolute Gasteiger partial charge is 0.324 e. The molecule has 1 aromatic heterocycles. The number of rotatable bonds is 2. The number of halogens is 3. The maximum absolute atomic E-state index is 13.8. The van der Waals surface area contributed by atoms with Crippen LogP contribution >= 0.6 is 34.8 Å². The number of hydrogen-bond acceptors (Lipinski definition) is 3. The minimum absolute atomic E-state index is 0.100. The van der Waals surface area contributed by atoms with Gasteiger partial charge >= 0.3 is 0 Å². The number of amides is 1. The van der Waals surface area contributed by atoms with E-state index < -0.39 is 10.8 Å². The molecule has 2 atom stereocenters. The van der Waals surface area contributed by atoms with Crippen LogP contribution in [0.25, 0.3) is 11.0 Å². The molecule has 2 aromatic carbocycles. The summed E-state index contributed by atoms with van der Waals surface area (Å²) in [5.41, 5.74) is 2.04. The van der Waals surface area contributed by atoms with Crippen molar-refractivity contribution >= 4 is 57.4 Å². The van der Waals surface area contributed by atoms with Gasteiger partial charge in [0.25, 0.3) is 0 Å². The van der Waals surface area contributed by atoms with Crippen LogP contribution in [0.3, 0.4) is 0 Å². The minimum atomic E-state index is -0.816. The van der Waals surface area contributed by atoms with Gasteiger partial charge in [-0.3, -0.25) is 4.79 Å². The molecule has 1 saturated carbocycles. The number of nitrogens with zero attached hydrogens (tertiary/aromatic N) is 2. The smallest absolute Gasteiger partial charge is 0.237 e. The Morgan fingerprint density at radius 3 is 2.13 bits per heavy atom. The number of nitrogens with one attached hydrogen (secondary N) is 1. The van der Waals surface area contributed by atoms with Gasteiger partial charge in [-0.1, -0.05) is 67.7 Å². The summed E-state index contributed by atoms with van der Waals surface area (Å²) in [6.07, 6.45) is 1.55. The Kier molecular flexibility index (Phi) is 4.22. The van der Waals surface area contributed by atoms with Gasteiger partial charge in [-0.15, -0.1) is 0 Å². The number of hydrogen-bond donors (Lipinski definition) is 1. The van der Waals surface area contributed by atoms with Crippen LogP contribution in [0.4, 0.5) is 5.69 Å². The van der Waals surface area contributed by atoms with Crippen LogP contribution in [0.1, 0.15) is 45.0 Å². The number of carbonyl (C=O) groups excluding carboxylic acids is 1. The molecule has 7 heteroatoms. The molecule has 154 valence electrons. The van der Waals surface area contributed by atoms with E-state index in [-0.39, 0.29) is 11.3 Å². The summed E-state index contributed by atoms with van der Waals surface area (Å²) in [5, 5.41) is 4.43. The van der Waals surface area contributed by atoms with E-state index >= 15 is 0 Å². The van der Waals surface area contributed by atoms with Gasteiger partial charge in [-0.25, -0.2) is 9.97 Å². The zero-order valence-corrected chi connectivity index (χ0v) is 19.1. The van der Waals surface area contributed by atoms with Crippen LogP contribution in [0.15, 0.2) is 36.4 Å². The molecule has 2 aliphatic carbocycles. The predicted octanol–water partition coefficient (Wildman–Crippen LogP) is 6.56. The molecule has 0 spiro atoms. The molecule has 2 aliphatic rings. The lowest BCUT2D eigenvalue weighted by Crippen LogP contribution is -2.48. The third kappa shape index (κ3) is 2.33. The summed E-state index contributed by atoms with van der Waals surface area (Å²) in [5.74, 6) is -0.100. The van der Waals surface area contributed by atoms with E-state index in [4.69, 9.17) is 44.8 Å². The first-order valence-corrected chi connectivity index (χ1v) is 11.0. The normalized spacial score (nSPS) is 26.1. The molecule has 0 aliphatic heterocycles. The predicted molar refractivity (Wildman–Crippen MR) is 122 cm³/mol. The first kappa shape index (κ1) is 20.0. The lowest BCUT2D eigenvalue weighted by Gasteiger charge is -2.39. The van der Waals surface area contributed by atoms with E-state index in [2.05, 4.69) is 26.1 Å². The summed E-state index contributed by atoms with van der Waals surface area (Å²) >= 11 is 18.8. The third-order valence-corrected chi connectivity index (χ3v) is 8.64. The van der Waals surface area contributed by atoms with Crippen LogP contribution in [0, 0.1) is 5.41 Å². The van der Waals surface area contributed by atoms with Gasteiger partial charge < -0.3 is 5.32 Å². The third-order valence-electron chi connectivity index (χ3n) is 7.59. The van der Waals surface area contributed by atoms with Crippen molar-refractivity contribution in [1.82, 2.24) is 9.97 Å². The van der Waals surface area contributed by atoms with Gasteiger partial charge in [0, 0.05) is 5.41 Å². The van der Waals surface area contributed by atoms with E-state index in [1.54, 1.807) is 18.2 Å². The van der Waals surface area contributed by atoms with Gasteiger partial charge in [0.2, 0.25) is 5.91 Å². The fraction of sp³-hybridized carbons (Fsp3) is 0.348. The Morgan fingerprint density at radius 1 is 0.900 bits per heavy atom. The molecule has 5 rings (SSSR count). The second-order valence-electron chi connectivity index (χ2n) is 8.97. The summed E-state index contributed by atoms with van der Waals surface area (Å²) in [6.45, 7) is 6.46. The topological polar surface area (TPSA) is 54.9 Å². The highest BCUT2D eigenvalue weighted by Gasteiger charge is 2.73. The van der Waals surface area contributed by atoms with Gasteiger partial charge in [0.15, 0.2) is 0 Å². The van der Waals surface area contributed by atoms with E-state index in [1.807, 2.05) is 18.2 Å². The number of benzene rings is 2. The standard InChI is InChI=1S/C23H20Cl3N3O/c1-21(2)22(3)8-9-23(21,20(30)29-15-7-5-4-6-12(15)24)19-18(22)27-16-10-13(25)14(26)11-17(16)28-19/h4-7,10-11H,8-9H2,1-3H3,(H,29,30). The zero-order valence-electron chi connectivity index (χ0n) is 16.8. The maximum Gasteiger partial charge on any atom is 0.237 e. The molecule has 1 amide bonds. The molecule has 3 aromatic rings. The van der Waals surface area contributed by atoms with Crippen LogP contribution in [-0.4, -0.2) is 15.9 Å². The first-order chi connectivity index (χ1) is 14.1. The second kappa shape index (κ2) is 6.32. The molecule has 1 fully saturated rings. The summed E-state index contributed by atoms with van der Waals surface area (Å²) in [4.78, 5) is 23.7. The molecule has 1 N–H and O–H groups in total. The van der Waals surface area contributed by atoms with Crippen molar-refractivity contribution in [2.75, 3.05) is 5.32 Å².